The van der Waals surface area contributed by atoms with Gasteiger partial charge in [0.05, 0.1) is 0 Å². The standard InChI is InChI=1S/C9H13ClN2/c1-12(7-6-10)11-8-9-4-2-3-5-9/h2-5,8,11H,6-7H2,1H3. The minimum Gasteiger partial charge on any atom is -0.326 e. The molecule has 0 fully saturated rings. The first-order valence-corrected chi connectivity index (χ1v) is 4.44. The summed E-state index contributed by atoms with van der Waals surface area (Å²) in [6, 6.07) is 0. The summed E-state index contributed by atoms with van der Waals surface area (Å²) in [5, 5.41) is 1.94. The molecule has 0 aromatic rings. The van der Waals surface area contributed by atoms with E-state index in [1.165, 1.54) is 5.57 Å². The Morgan fingerprint density at radius 1 is 1.50 bits per heavy atom. The molecule has 0 saturated carbocycles. The van der Waals surface area contributed by atoms with Crippen molar-refractivity contribution in [1.82, 2.24) is 10.4 Å². The zero-order valence-corrected chi connectivity index (χ0v) is 7.88. The predicted molar refractivity (Wildman–Crippen MR) is 52.8 cm³/mol. The van der Waals surface area contributed by atoms with Gasteiger partial charge < -0.3 is 5.43 Å². The highest BCUT2D eigenvalue weighted by atomic mass is 35.5. The molecule has 0 aromatic carbocycles. The second-order valence-electron chi connectivity index (χ2n) is 2.60. The molecule has 0 heterocycles. The second kappa shape index (κ2) is 5.01. The van der Waals surface area contributed by atoms with Crippen LogP contribution >= 0.6 is 11.6 Å². The van der Waals surface area contributed by atoms with Gasteiger partial charge in [0.2, 0.25) is 0 Å². The third kappa shape index (κ3) is 3.11. The first-order chi connectivity index (χ1) is 5.83. The molecule has 2 nitrogen and oxygen atoms in total. The van der Waals surface area contributed by atoms with Gasteiger partial charge in [-0.25, -0.2) is 5.01 Å². The highest BCUT2D eigenvalue weighted by Gasteiger charge is 1.93. The third-order valence-corrected chi connectivity index (χ3v) is 1.73. The zero-order valence-electron chi connectivity index (χ0n) is 7.13. The van der Waals surface area contributed by atoms with E-state index >= 15 is 0 Å². The highest BCUT2D eigenvalue weighted by Crippen LogP contribution is 2.04. The fraction of sp³-hybridized carbons (Fsp3) is 0.333. The van der Waals surface area contributed by atoms with Gasteiger partial charge in [-0.15, -0.1) is 11.6 Å². The van der Waals surface area contributed by atoms with Crippen LogP contribution in [0.2, 0.25) is 0 Å². The van der Waals surface area contributed by atoms with E-state index in [0.29, 0.717) is 5.88 Å². The molecule has 1 rings (SSSR count). The molecule has 66 valence electrons. The molecule has 0 unspecified atom stereocenters. The van der Waals surface area contributed by atoms with E-state index in [9.17, 15) is 0 Å². The summed E-state index contributed by atoms with van der Waals surface area (Å²) < 4.78 is 0. The number of nitrogens with zero attached hydrogens (tertiary/aromatic N) is 1. The lowest BCUT2D eigenvalue weighted by molar-refractivity contribution is 0.294. The molecule has 3 heteroatoms. The summed E-state index contributed by atoms with van der Waals surface area (Å²) in [7, 11) is 1.96. The number of allylic oxidation sites excluding steroid dienone is 5. The molecule has 1 aliphatic carbocycles. The van der Waals surface area contributed by atoms with E-state index in [1.807, 2.05) is 42.6 Å². The average molecular weight is 185 g/mol. The second-order valence-corrected chi connectivity index (χ2v) is 2.98. The van der Waals surface area contributed by atoms with E-state index in [4.69, 9.17) is 11.6 Å². The molecular formula is C9H13ClN2. The molecule has 0 atom stereocenters. The number of hydrazine groups is 1. The van der Waals surface area contributed by atoms with Crippen LogP contribution in [0.15, 0.2) is 36.1 Å². The Bertz CT molecular complexity index is 205. The lowest BCUT2D eigenvalue weighted by Gasteiger charge is -2.14. The van der Waals surface area contributed by atoms with Crippen molar-refractivity contribution in [2.45, 2.75) is 0 Å². The zero-order chi connectivity index (χ0) is 8.81. The van der Waals surface area contributed by atoms with E-state index in [2.05, 4.69) is 5.43 Å². The summed E-state index contributed by atoms with van der Waals surface area (Å²) in [5.41, 5.74) is 4.29. The molecule has 1 aliphatic rings. The molecule has 0 aromatic heterocycles. The van der Waals surface area contributed by atoms with Crippen LogP contribution in [0.4, 0.5) is 0 Å². The van der Waals surface area contributed by atoms with Crippen molar-refractivity contribution in [3.05, 3.63) is 36.1 Å². The van der Waals surface area contributed by atoms with Crippen LogP contribution in [0.3, 0.4) is 0 Å². The summed E-state index contributed by atoms with van der Waals surface area (Å²) in [5.74, 6) is 0.637. The summed E-state index contributed by atoms with van der Waals surface area (Å²) in [4.78, 5) is 0. The Balaban J connectivity index is 2.28. The molecule has 0 saturated heterocycles. The normalized spacial score (nSPS) is 14.4. The number of rotatable bonds is 4. The largest absolute Gasteiger partial charge is 0.326 e. The Hall–Kier alpha value is -0.730. The Morgan fingerprint density at radius 2 is 2.17 bits per heavy atom. The van der Waals surface area contributed by atoms with Crippen LogP contribution in [0, 0.1) is 0 Å². The number of alkyl halides is 1. The van der Waals surface area contributed by atoms with Crippen LogP contribution < -0.4 is 5.43 Å². The first-order valence-electron chi connectivity index (χ1n) is 3.91. The first kappa shape index (κ1) is 9.36. The predicted octanol–water partition coefficient (Wildman–Crippen LogP) is 1.67. The van der Waals surface area contributed by atoms with Gasteiger partial charge >= 0.3 is 0 Å². The van der Waals surface area contributed by atoms with Crippen molar-refractivity contribution < 1.29 is 0 Å². The maximum Gasteiger partial charge on any atom is 0.0369 e. The summed E-state index contributed by atoms with van der Waals surface area (Å²) in [6.07, 6.45) is 10.1. The Labute approximate surface area is 78.2 Å². The van der Waals surface area contributed by atoms with Gasteiger partial charge in [0.15, 0.2) is 0 Å². The third-order valence-electron chi connectivity index (χ3n) is 1.56. The Morgan fingerprint density at radius 3 is 2.75 bits per heavy atom. The van der Waals surface area contributed by atoms with Gasteiger partial charge in [0.1, 0.15) is 0 Å². The minimum atomic E-state index is 0.637. The van der Waals surface area contributed by atoms with Crippen molar-refractivity contribution in [3.63, 3.8) is 0 Å². The molecule has 0 amide bonds. The van der Waals surface area contributed by atoms with Crippen molar-refractivity contribution in [2.24, 2.45) is 0 Å². The molecule has 0 spiro atoms. The van der Waals surface area contributed by atoms with E-state index in [-0.39, 0.29) is 0 Å². The lowest BCUT2D eigenvalue weighted by Crippen LogP contribution is -2.31. The van der Waals surface area contributed by atoms with Crippen molar-refractivity contribution in [2.75, 3.05) is 19.5 Å². The van der Waals surface area contributed by atoms with Crippen LogP contribution in [-0.4, -0.2) is 24.5 Å². The summed E-state index contributed by atoms with van der Waals surface area (Å²) in [6.45, 7) is 0.832. The quantitative estimate of drug-likeness (QED) is 0.528. The molecule has 0 bridgehead atoms. The van der Waals surface area contributed by atoms with Gasteiger partial charge in [-0.3, -0.25) is 0 Å². The number of hydrogen-bond donors (Lipinski definition) is 1. The van der Waals surface area contributed by atoms with Gasteiger partial charge in [-0.1, -0.05) is 24.3 Å². The summed E-state index contributed by atoms with van der Waals surface area (Å²) >= 11 is 5.56. The highest BCUT2D eigenvalue weighted by molar-refractivity contribution is 6.18. The van der Waals surface area contributed by atoms with E-state index in [0.717, 1.165) is 6.54 Å². The number of hydrogen-bond acceptors (Lipinski definition) is 2. The molecule has 0 aliphatic heterocycles. The van der Waals surface area contributed by atoms with Gasteiger partial charge in [0, 0.05) is 25.7 Å². The van der Waals surface area contributed by atoms with Crippen LogP contribution in [0.25, 0.3) is 0 Å². The molecular weight excluding hydrogens is 172 g/mol. The molecule has 0 radical (unpaired) electrons. The van der Waals surface area contributed by atoms with E-state index in [1.54, 1.807) is 0 Å². The van der Waals surface area contributed by atoms with E-state index < -0.39 is 0 Å². The number of halogens is 1. The van der Waals surface area contributed by atoms with Crippen LogP contribution in [-0.2, 0) is 0 Å². The maximum absolute atomic E-state index is 5.56. The Kier molecular flexibility index (Phi) is 3.91. The smallest absolute Gasteiger partial charge is 0.0369 e. The minimum absolute atomic E-state index is 0.637. The van der Waals surface area contributed by atoms with Crippen molar-refractivity contribution in [3.8, 4) is 0 Å². The van der Waals surface area contributed by atoms with Crippen molar-refractivity contribution in [1.29, 1.82) is 0 Å². The van der Waals surface area contributed by atoms with Crippen LogP contribution in [0.5, 0.6) is 0 Å². The van der Waals surface area contributed by atoms with Gasteiger partial charge in [-0.05, 0) is 5.57 Å². The fourth-order valence-corrected chi connectivity index (χ4v) is 1.11. The van der Waals surface area contributed by atoms with Crippen LogP contribution in [0.1, 0.15) is 0 Å². The SMILES string of the molecule is CN(CCCl)NC=C1C=CC=C1. The van der Waals surface area contributed by atoms with Gasteiger partial charge in [-0.2, -0.15) is 0 Å². The molecule has 12 heavy (non-hydrogen) atoms. The lowest BCUT2D eigenvalue weighted by atomic mass is 10.3. The average Bonchev–Trinajstić information content (AvgIpc) is 2.53. The van der Waals surface area contributed by atoms with Crippen molar-refractivity contribution >= 4 is 11.6 Å². The maximum atomic E-state index is 5.56. The number of nitrogens with one attached hydrogen (secondary N) is 1. The monoisotopic (exact) mass is 184 g/mol. The molecule has 1 N–H and O–H groups in total. The van der Waals surface area contributed by atoms with Gasteiger partial charge in [0.25, 0.3) is 0 Å². The fourth-order valence-electron chi connectivity index (χ4n) is 0.861. The topological polar surface area (TPSA) is 15.3 Å².